The summed E-state index contributed by atoms with van der Waals surface area (Å²) in [6.07, 6.45) is 0.737. The summed E-state index contributed by atoms with van der Waals surface area (Å²) in [5.41, 5.74) is 1.51. The minimum atomic E-state index is -0.800. The first-order chi connectivity index (χ1) is 18.7. The number of para-hydroxylation sites is 1. The number of carbonyl (C=O) groups excluding carboxylic acids is 1. The molecular weight excluding hydrogens is 698 g/mol. The molecule has 0 unspecified atom stereocenters. The zero-order chi connectivity index (χ0) is 27.7. The van der Waals surface area contributed by atoms with Crippen molar-refractivity contribution in [2.45, 2.75) is 20.0 Å². The Morgan fingerprint density at radius 2 is 1.85 bits per heavy atom. The van der Waals surface area contributed by atoms with Crippen LogP contribution in [0.3, 0.4) is 0 Å². The van der Waals surface area contributed by atoms with E-state index in [1.807, 2.05) is 30.3 Å². The maximum absolute atomic E-state index is 13.5. The Bertz CT molecular complexity index is 1790. The van der Waals surface area contributed by atoms with Crippen LogP contribution in [0.25, 0.3) is 33.5 Å². The van der Waals surface area contributed by atoms with E-state index in [1.54, 1.807) is 44.2 Å². The summed E-state index contributed by atoms with van der Waals surface area (Å²) in [5, 5.41) is 5.79. The van der Waals surface area contributed by atoms with Crippen LogP contribution in [0.5, 0.6) is 5.75 Å². The predicted octanol–water partition coefficient (Wildman–Crippen LogP) is 7.31. The van der Waals surface area contributed by atoms with Crippen molar-refractivity contribution in [3.8, 4) is 17.3 Å². The van der Waals surface area contributed by atoms with Crippen LogP contribution in [-0.4, -0.2) is 34.6 Å². The van der Waals surface area contributed by atoms with Crippen LogP contribution in [-0.2, 0) is 9.53 Å². The highest BCUT2D eigenvalue weighted by molar-refractivity contribution is 9.11. The third-order valence-corrected chi connectivity index (χ3v) is 7.38. The number of nitrogens with zero attached hydrogens (tertiary/aromatic N) is 3. The van der Waals surface area contributed by atoms with Crippen molar-refractivity contribution in [2.24, 2.45) is 5.10 Å². The van der Waals surface area contributed by atoms with Gasteiger partial charge in [-0.1, -0.05) is 28.1 Å². The number of carbonyl (C=O) groups is 1. The molecular formula is C28H20Br3N3O5. The Labute approximate surface area is 248 Å². The zero-order valence-corrected chi connectivity index (χ0v) is 25.4. The minimum Gasteiger partial charge on any atom is -0.477 e. The SMILES string of the molecule is CCOC(=O)[C@@H](C)Oc1c(Br)cc(C=Nn2c(-c3cc4cc(Br)ccc4o3)nc3ccccc3c2=O)cc1Br. The average Bonchev–Trinajstić information content (AvgIpc) is 3.33. The zero-order valence-electron chi connectivity index (χ0n) is 20.7. The highest BCUT2D eigenvalue weighted by atomic mass is 79.9. The quantitative estimate of drug-likeness (QED) is 0.130. The van der Waals surface area contributed by atoms with Gasteiger partial charge >= 0.3 is 5.97 Å². The Morgan fingerprint density at radius 1 is 1.10 bits per heavy atom. The summed E-state index contributed by atoms with van der Waals surface area (Å²) in [7, 11) is 0. The minimum absolute atomic E-state index is 0.265. The van der Waals surface area contributed by atoms with E-state index in [0.29, 0.717) is 42.5 Å². The molecule has 0 aliphatic heterocycles. The van der Waals surface area contributed by atoms with Gasteiger partial charge in [-0.3, -0.25) is 4.79 Å². The second-order valence-corrected chi connectivity index (χ2v) is 11.1. The molecule has 1 atom stereocenters. The number of halogens is 3. The van der Waals surface area contributed by atoms with Crippen LogP contribution in [0.2, 0.25) is 0 Å². The van der Waals surface area contributed by atoms with Crippen LogP contribution < -0.4 is 10.3 Å². The van der Waals surface area contributed by atoms with Crippen molar-refractivity contribution in [2.75, 3.05) is 6.61 Å². The van der Waals surface area contributed by atoms with Crippen molar-refractivity contribution in [3.63, 3.8) is 0 Å². The lowest BCUT2D eigenvalue weighted by Crippen LogP contribution is -2.26. The second kappa shape index (κ2) is 11.4. The fourth-order valence-electron chi connectivity index (χ4n) is 3.89. The molecule has 39 heavy (non-hydrogen) atoms. The number of benzene rings is 3. The molecule has 0 N–H and O–H groups in total. The van der Waals surface area contributed by atoms with E-state index in [0.717, 1.165) is 9.86 Å². The van der Waals surface area contributed by atoms with E-state index in [-0.39, 0.29) is 18.0 Å². The van der Waals surface area contributed by atoms with Crippen molar-refractivity contribution >= 4 is 81.8 Å². The second-order valence-electron chi connectivity index (χ2n) is 8.43. The Balaban J connectivity index is 1.56. The molecule has 0 bridgehead atoms. The predicted molar refractivity (Wildman–Crippen MR) is 160 cm³/mol. The van der Waals surface area contributed by atoms with Gasteiger partial charge in [0.1, 0.15) is 11.3 Å². The number of hydrogen-bond acceptors (Lipinski definition) is 7. The van der Waals surface area contributed by atoms with Gasteiger partial charge in [0.05, 0.1) is 32.7 Å². The van der Waals surface area contributed by atoms with E-state index in [4.69, 9.17) is 18.9 Å². The van der Waals surface area contributed by atoms with Gasteiger partial charge in [0.15, 0.2) is 11.9 Å². The molecule has 0 saturated heterocycles. The molecule has 0 aliphatic rings. The van der Waals surface area contributed by atoms with Gasteiger partial charge < -0.3 is 13.9 Å². The summed E-state index contributed by atoms with van der Waals surface area (Å²) in [6.45, 7) is 3.62. The van der Waals surface area contributed by atoms with Gasteiger partial charge in [0.2, 0.25) is 5.82 Å². The summed E-state index contributed by atoms with van der Waals surface area (Å²) < 4.78 is 20.2. The first-order valence-electron chi connectivity index (χ1n) is 11.8. The number of ether oxygens (including phenoxy) is 2. The van der Waals surface area contributed by atoms with Crippen molar-refractivity contribution in [1.29, 1.82) is 0 Å². The molecule has 0 amide bonds. The van der Waals surface area contributed by atoms with Crippen LogP contribution in [0.1, 0.15) is 19.4 Å². The molecule has 3 aromatic carbocycles. The van der Waals surface area contributed by atoms with Gasteiger partial charge in [0.25, 0.3) is 5.56 Å². The highest BCUT2D eigenvalue weighted by Crippen LogP contribution is 2.35. The van der Waals surface area contributed by atoms with Crippen LogP contribution >= 0.6 is 47.8 Å². The lowest BCUT2D eigenvalue weighted by atomic mass is 10.2. The van der Waals surface area contributed by atoms with Crippen LogP contribution in [0, 0.1) is 0 Å². The van der Waals surface area contributed by atoms with Gasteiger partial charge in [-0.05, 0) is 99.8 Å². The van der Waals surface area contributed by atoms with Gasteiger partial charge in [-0.15, -0.1) is 0 Å². The van der Waals surface area contributed by atoms with Crippen LogP contribution in [0.15, 0.2) is 88.4 Å². The molecule has 8 nitrogen and oxygen atoms in total. The monoisotopic (exact) mass is 715 g/mol. The Kier molecular flexibility index (Phi) is 8.01. The van der Waals surface area contributed by atoms with E-state index in [1.165, 1.54) is 10.9 Å². The first kappa shape index (κ1) is 27.3. The number of furan rings is 1. The van der Waals surface area contributed by atoms with E-state index in [2.05, 4.69) is 52.9 Å². The van der Waals surface area contributed by atoms with Crippen molar-refractivity contribution in [3.05, 3.63) is 90.0 Å². The summed E-state index contributed by atoms with van der Waals surface area (Å²) in [6, 6.07) is 18.1. The fourth-order valence-corrected chi connectivity index (χ4v) is 5.68. The van der Waals surface area contributed by atoms with Crippen molar-refractivity contribution < 1.29 is 18.7 Å². The third kappa shape index (κ3) is 5.70. The maximum atomic E-state index is 13.5. The maximum Gasteiger partial charge on any atom is 0.347 e. The van der Waals surface area contributed by atoms with E-state index in [9.17, 15) is 9.59 Å². The van der Waals surface area contributed by atoms with Gasteiger partial charge in [-0.25, -0.2) is 9.78 Å². The highest BCUT2D eigenvalue weighted by Gasteiger charge is 2.20. The van der Waals surface area contributed by atoms with E-state index < -0.39 is 12.1 Å². The standard InChI is InChI=1S/C28H20Br3N3O5/c1-3-37-28(36)15(2)38-25-20(30)10-16(11-21(25)31)14-32-34-26(33-22-7-5-4-6-19(22)27(34)35)24-13-17-12-18(29)8-9-23(17)39-24/h4-15H,3H2,1-2H3/t15-/m1/s1. The normalized spacial score (nSPS) is 12.3. The molecule has 11 heteroatoms. The molecule has 5 rings (SSSR count). The molecule has 0 saturated carbocycles. The molecule has 0 aliphatic carbocycles. The molecule has 0 spiro atoms. The first-order valence-corrected chi connectivity index (χ1v) is 14.2. The van der Waals surface area contributed by atoms with Gasteiger partial charge in [-0.2, -0.15) is 9.78 Å². The molecule has 2 aromatic heterocycles. The number of aromatic nitrogens is 2. The lowest BCUT2D eigenvalue weighted by molar-refractivity contribution is -0.150. The molecule has 0 radical (unpaired) electrons. The molecule has 5 aromatic rings. The lowest BCUT2D eigenvalue weighted by Gasteiger charge is -2.16. The Hall–Kier alpha value is -3.28. The number of esters is 1. The molecule has 2 heterocycles. The molecule has 198 valence electrons. The fraction of sp³-hybridized carbons (Fsp3) is 0.143. The third-order valence-electron chi connectivity index (χ3n) is 5.71. The number of hydrogen-bond donors (Lipinski definition) is 0. The average molecular weight is 718 g/mol. The van der Waals surface area contributed by atoms with Crippen LogP contribution in [0.4, 0.5) is 0 Å². The Morgan fingerprint density at radius 3 is 2.59 bits per heavy atom. The molecule has 0 fully saturated rings. The van der Waals surface area contributed by atoms with Gasteiger partial charge in [0, 0.05) is 9.86 Å². The number of fused-ring (bicyclic) bond motifs is 2. The van der Waals surface area contributed by atoms with E-state index >= 15 is 0 Å². The smallest absolute Gasteiger partial charge is 0.347 e. The topological polar surface area (TPSA) is 95.9 Å². The summed E-state index contributed by atoms with van der Waals surface area (Å²) >= 11 is 10.5. The number of rotatable bonds is 7. The summed E-state index contributed by atoms with van der Waals surface area (Å²) in [4.78, 5) is 30.2. The largest absolute Gasteiger partial charge is 0.477 e. The van der Waals surface area contributed by atoms with Crippen molar-refractivity contribution in [1.82, 2.24) is 9.66 Å². The summed E-state index contributed by atoms with van der Waals surface area (Å²) in [5.74, 6) is 0.646.